The van der Waals surface area contributed by atoms with Gasteiger partial charge in [-0.1, -0.05) is 30.7 Å². The van der Waals surface area contributed by atoms with Crippen LogP contribution in [0.4, 0.5) is 0 Å². The van der Waals surface area contributed by atoms with Crippen LogP contribution in [0.1, 0.15) is 25.8 Å². The molecule has 0 aliphatic heterocycles. The molecule has 0 saturated heterocycles. The average Bonchev–Trinajstić information content (AvgIpc) is 2.37. The van der Waals surface area contributed by atoms with E-state index in [9.17, 15) is 4.79 Å². The Morgan fingerprint density at radius 3 is 2.72 bits per heavy atom. The Morgan fingerprint density at radius 1 is 1.44 bits per heavy atom. The molecule has 1 aromatic rings. The van der Waals surface area contributed by atoms with Gasteiger partial charge in [-0.05, 0) is 19.4 Å². The number of hydrogen-bond donors (Lipinski definition) is 1. The van der Waals surface area contributed by atoms with Crippen molar-refractivity contribution in [2.75, 3.05) is 6.61 Å². The summed E-state index contributed by atoms with van der Waals surface area (Å²) < 4.78 is 10.6. The molecule has 2 N–H and O–H groups in total. The molecule has 0 aliphatic rings. The zero-order valence-electron chi connectivity index (χ0n) is 10.6. The van der Waals surface area contributed by atoms with Crippen molar-refractivity contribution in [3.8, 4) is 5.75 Å². The molecule has 0 heterocycles. The summed E-state index contributed by atoms with van der Waals surface area (Å²) in [5.74, 6) is 0.0736. The zero-order chi connectivity index (χ0) is 13.5. The third kappa shape index (κ3) is 3.62. The van der Waals surface area contributed by atoms with Crippen LogP contribution in [0, 0.1) is 0 Å². The number of halogens is 1. The second-order valence-electron chi connectivity index (χ2n) is 3.70. The van der Waals surface area contributed by atoms with Crippen LogP contribution in [0.15, 0.2) is 18.2 Å². The van der Waals surface area contributed by atoms with Crippen LogP contribution in [0.3, 0.4) is 0 Å². The summed E-state index contributed by atoms with van der Waals surface area (Å²) in [5, 5.41) is 0.445. The zero-order valence-corrected chi connectivity index (χ0v) is 11.4. The van der Waals surface area contributed by atoms with Crippen molar-refractivity contribution in [3.63, 3.8) is 0 Å². The molecule has 0 aliphatic carbocycles. The summed E-state index contributed by atoms with van der Waals surface area (Å²) in [5.41, 5.74) is 6.39. The number of nitrogens with two attached hydrogens (primary N) is 1. The van der Waals surface area contributed by atoms with E-state index in [2.05, 4.69) is 0 Å². The van der Waals surface area contributed by atoms with Crippen LogP contribution in [0.25, 0.3) is 0 Å². The first-order valence-corrected chi connectivity index (χ1v) is 6.32. The quantitative estimate of drug-likeness (QED) is 0.808. The monoisotopic (exact) mass is 271 g/mol. The van der Waals surface area contributed by atoms with E-state index in [4.69, 9.17) is 26.8 Å². The van der Waals surface area contributed by atoms with Gasteiger partial charge in [0.15, 0.2) is 6.10 Å². The third-order valence-corrected chi connectivity index (χ3v) is 2.75. The second kappa shape index (κ2) is 7.24. The van der Waals surface area contributed by atoms with Gasteiger partial charge in [0.25, 0.3) is 0 Å². The van der Waals surface area contributed by atoms with Gasteiger partial charge in [0.2, 0.25) is 0 Å². The SMILES string of the molecule is CCOC(=O)C(CC)Oc1c(Cl)cccc1CN. The van der Waals surface area contributed by atoms with E-state index in [-0.39, 0.29) is 5.97 Å². The van der Waals surface area contributed by atoms with Gasteiger partial charge in [-0.3, -0.25) is 0 Å². The number of carbonyl (C=O) groups excluding carboxylic acids is 1. The highest BCUT2D eigenvalue weighted by molar-refractivity contribution is 6.32. The summed E-state index contributed by atoms with van der Waals surface area (Å²) >= 11 is 6.06. The van der Waals surface area contributed by atoms with Gasteiger partial charge in [-0.15, -0.1) is 0 Å². The van der Waals surface area contributed by atoms with Crippen LogP contribution in [0.5, 0.6) is 5.75 Å². The molecule has 0 spiro atoms. The summed E-state index contributed by atoms with van der Waals surface area (Å²) in [7, 11) is 0. The molecule has 0 aromatic heterocycles. The molecular formula is C13H18ClNO3. The minimum absolute atomic E-state index is 0.301. The van der Waals surface area contributed by atoms with Crippen LogP contribution in [-0.2, 0) is 16.1 Å². The smallest absolute Gasteiger partial charge is 0.347 e. The molecule has 5 heteroatoms. The maximum absolute atomic E-state index is 11.7. The lowest BCUT2D eigenvalue weighted by Gasteiger charge is -2.18. The molecule has 1 atom stereocenters. The molecule has 0 radical (unpaired) electrons. The fourth-order valence-electron chi connectivity index (χ4n) is 1.52. The van der Waals surface area contributed by atoms with Crippen molar-refractivity contribution in [2.45, 2.75) is 32.9 Å². The van der Waals surface area contributed by atoms with Gasteiger partial charge in [-0.25, -0.2) is 4.79 Å². The van der Waals surface area contributed by atoms with Gasteiger partial charge in [0.1, 0.15) is 5.75 Å². The van der Waals surface area contributed by atoms with Crippen LogP contribution in [0.2, 0.25) is 5.02 Å². The number of esters is 1. The van der Waals surface area contributed by atoms with Crippen molar-refractivity contribution in [1.29, 1.82) is 0 Å². The summed E-state index contributed by atoms with van der Waals surface area (Å²) in [6, 6.07) is 5.32. The first-order chi connectivity index (χ1) is 8.63. The Kier molecular flexibility index (Phi) is 5.95. The predicted octanol–water partition coefficient (Wildman–Crippen LogP) is 2.52. The van der Waals surface area contributed by atoms with Gasteiger partial charge in [0, 0.05) is 12.1 Å². The molecular weight excluding hydrogens is 254 g/mol. The van der Waals surface area contributed by atoms with Gasteiger partial charge < -0.3 is 15.2 Å². The number of ether oxygens (including phenoxy) is 2. The van der Waals surface area contributed by atoms with E-state index in [1.54, 1.807) is 19.1 Å². The number of hydrogen-bond acceptors (Lipinski definition) is 4. The fourth-order valence-corrected chi connectivity index (χ4v) is 1.76. The highest BCUT2D eigenvalue weighted by Gasteiger charge is 2.21. The molecule has 1 unspecified atom stereocenters. The highest BCUT2D eigenvalue weighted by Crippen LogP contribution is 2.29. The van der Waals surface area contributed by atoms with Crippen molar-refractivity contribution >= 4 is 17.6 Å². The second-order valence-corrected chi connectivity index (χ2v) is 4.11. The fraction of sp³-hybridized carbons (Fsp3) is 0.462. The average molecular weight is 272 g/mol. The molecule has 4 nitrogen and oxygen atoms in total. The Bertz CT molecular complexity index is 409. The summed E-state index contributed by atoms with van der Waals surface area (Å²) in [6.07, 6.45) is -0.149. The van der Waals surface area contributed by atoms with E-state index < -0.39 is 6.10 Å². The normalized spacial score (nSPS) is 12.0. The van der Waals surface area contributed by atoms with Crippen molar-refractivity contribution in [1.82, 2.24) is 0 Å². The summed E-state index contributed by atoms with van der Waals surface area (Å²) in [6.45, 7) is 4.23. The van der Waals surface area contributed by atoms with E-state index in [0.29, 0.717) is 30.3 Å². The highest BCUT2D eigenvalue weighted by atomic mass is 35.5. The maximum atomic E-state index is 11.7. The topological polar surface area (TPSA) is 61.5 Å². The molecule has 0 fully saturated rings. The molecule has 100 valence electrons. The number of carbonyl (C=O) groups is 1. The lowest BCUT2D eigenvalue weighted by atomic mass is 10.2. The maximum Gasteiger partial charge on any atom is 0.347 e. The Labute approximate surface area is 112 Å². The third-order valence-electron chi connectivity index (χ3n) is 2.45. The van der Waals surface area contributed by atoms with Crippen molar-refractivity contribution < 1.29 is 14.3 Å². The number of rotatable bonds is 6. The van der Waals surface area contributed by atoms with Crippen LogP contribution < -0.4 is 10.5 Å². The number of para-hydroxylation sites is 1. The number of benzene rings is 1. The van der Waals surface area contributed by atoms with E-state index >= 15 is 0 Å². The molecule has 0 amide bonds. The van der Waals surface area contributed by atoms with E-state index in [1.807, 2.05) is 13.0 Å². The van der Waals surface area contributed by atoms with Crippen molar-refractivity contribution in [3.05, 3.63) is 28.8 Å². The van der Waals surface area contributed by atoms with Gasteiger partial charge in [-0.2, -0.15) is 0 Å². The van der Waals surface area contributed by atoms with Gasteiger partial charge in [0.05, 0.1) is 11.6 Å². The first kappa shape index (κ1) is 14.8. The first-order valence-electron chi connectivity index (χ1n) is 5.94. The van der Waals surface area contributed by atoms with E-state index in [1.165, 1.54) is 0 Å². The van der Waals surface area contributed by atoms with Crippen LogP contribution >= 0.6 is 11.6 Å². The van der Waals surface area contributed by atoms with Gasteiger partial charge >= 0.3 is 5.97 Å². The molecule has 18 heavy (non-hydrogen) atoms. The largest absolute Gasteiger partial charge is 0.477 e. The molecule has 1 rings (SSSR count). The van der Waals surface area contributed by atoms with Crippen molar-refractivity contribution in [2.24, 2.45) is 5.73 Å². The Morgan fingerprint density at radius 2 is 2.17 bits per heavy atom. The Balaban J connectivity index is 2.91. The predicted molar refractivity (Wildman–Crippen MR) is 70.7 cm³/mol. The van der Waals surface area contributed by atoms with E-state index in [0.717, 1.165) is 5.56 Å². The minimum Gasteiger partial charge on any atom is -0.477 e. The lowest BCUT2D eigenvalue weighted by Crippen LogP contribution is -2.29. The van der Waals surface area contributed by atoms with Crippen LogP contribution in [-0.4, -0.2) is 18.7 Å². The lowest BCUT2D eigenvalue weighted by molar-refractivity contribution is -0.151. The molecule has 0 saturated carbocycles. The standard InChI is InChI=1S/C13H18ClNO3/c1-3-11(13(16)17-4-2)18-12-9(8-15)6-5-7-10(12)14/h5-7,11H,3-4,8,15H2,1-2H3. The minimum atomic E-state index is -0.657. The summed E-state index contributed by atoms with van der Waals surface area (Å²) in [4.78, 5) is 11.7. The molecule has 0 bridgehead atoms. The molecule has 1 aromatic carbocycles. The Hall–Kier alpha value is -1.26.